The van der Waals surface area contributed by atoms with Crippen molar-refractivity contribution < 1.29 is 19.4 Å². The van der Waals surface area contributed by atoms with E-state index >= 15 is 0 Å². The SMILES string of the molecule is CCCCCCCCCCCCCCCCOC(=O)[C@@]1(C)CCc2c(C)c(O)c(C)c(C)c2O1. The van der Waals surface area contributed by atoms with Crippen molar-refractivity contribution in [2.24, 2.45) is 0 Å². The van der Waals surface area contributed by atoms with Gasteiger partial charge in [0.25, 0.3) is 0 Å². The first-order chi connectivity index (χ1) is 16.3. The van der Waals surface area contributed by atoms with Crippen LogP contribution in [0.3, 0.4) is 0 Å². The minimum Gasteiger partial charge on any atom is -0.507 e. The maximum Gasteiger partial charge on any atom is 0.350 e. The highest BCUT2D eigenvalue weighted by Crippen LogP contribution is 2.43. The zero-order valence-electron chi connectivity index (χ0n) is 22.7. The molecule has 1 N–H and O–H groups in total. The van der Waals surface area contributed by atoms with Crippen LogP contribution in [0.25, 0.3) is 0 Å². The van der Waals surface area contributed by atoms with Crippen molar-refractivity contribution >= 4 is 5.97 Å². The Balaban J connectivity index is 1.57. The zero-order chi connectivity index (χ0) is 25.0. The van der Waals surface area contributed by atoms with Gasteiger partial charge in [0.15, 0.2) is 0 Å². The van der Waals surface area contributed by atoms with E-state index in [4.69, 9.17) is 9.47 Å². The van der Waals surface area contributed by atoms with Gasteiger partial charge in [-0.05, 0) is 57.2 Å². The fraction of sp³-hybridized carbons (Fsp3) is 0.767. The van der Waals surface area contributed by atoms with E-state index in [1.54, 1.807) is 0 Å². The monoisotopic (exact) mass is 474 g/mol. The number of esters is 1. The van der Waals surface area contributed by atoms with Crippen molar-refractivity contribution in [1.29, 1.82) is 0 Å². The molecule has 1 aliphatic heterocycles. The molecule has 0 unspecified atom stereocenters. The number of phenolic OH excluding ortho intramolecular Hbond substituents is 1. The van der Waals surface area contributed by atoms with Crippen LogP contribution in [0.5, 0.6) is 11.5 Å². The maximum absolute atomic E-state index is 12.8. The second-order valence-corrected chi connectivity index (χ2v) is 10.6. The molecule has 1 heterocycles. The van der Waals surface area contributed by atoms with Crippen molar-refractivity contribution in [2.45, 2.75) is 143 Å². The fourth-order valence-corrected chi connectivity index (χ4v) is 5.01. The van der Waals surface area contributed by atoms with Crippen LogP contribution in [0.4, 0.5) is 0 Å². The molecule has 1 aliphatic rings. The van der Waals surface area contributed by atoms with Gasteiger partial charge in [0.1, 0.15) is 11.5 Å². The van der Waals surface area contributed by atoms with Crippen LogP contribution in [0.1, 0.15) is 132 Å². The predicted octanol–water partition coefficient (Wildman–Crippen LogP) is 8.43. The number of hydrogen-bond donors (Lipinski definition) is 1. The molecule has 1 atom stereocenters. The molecule has 0 spiro atoms. The van der Waals surface area contributed by atoms with Crippen molar-refractivity contribution in [2.75, 3.05) is 6.61 Å². The number of phenols is 1. The van der Waals surface area contributed by atoms with Gasteiger partial charge in [-0.2, -0.15) is 0 Å². The first-order valence-electron chi connectivity index (χ1n) is 14.0. The van der Waals surface area contributed by atoms with Gasteiger partial charge in [-0.25, -0.2) is 4.79 Å². The number of fused-ring (bicyclic) bond motifs is 1. The summed E-state index contributed by atoms with van der Waals surface area (Å²) in [4.78, 5) is 12.8. The Morgan fingerprint density at radius 2 is 1.32 bits per heavy atom. The molecule has 0 aliphatic carbocycles. The van der Waals surface area contributed by atoms with E-state index in [-0.39, 0.29) is 5.97 Å². The zero-order valence-corrected chi connectivity index (χ0v) is 22.7. The van der Waals surface area contributed by atoms with Crippen LogP contribution >= 0.6 is 0 Å². The summed E-state index contributed by atoms with van der Waals surface area (Å²) in [6, 6.07) is 0. The molecule has 4 nitrogen and oxygen atoms in total. The smallest absolute Gasteiger partial charge is 0.350 e. The number of carbonyl (C=O) groups excluding carboxylic acids is 1. The lowest BCUT2D eigenvalue weighted by atomic mass is 9.87. The quantitative estimate of drug-likeness (QED) is 0.193. The molecule has 1 aromatic carbocycles. The van der Waals surface area contributed by atoms with Crippen LogP contribution in [0.2, 0.25) is 0 Å². The van der Waals surface area contributed by atoms with Gasteiger partial charge >= 0.3 is 5.97 Å². The van der Waals surface area contributed by atoms with Crippen molar-refractivity contribution in [3.8, 4) is 11.5 Å². The van der Waals surface area contributed by atoms with E-state index in [2.05, 4.69) is 6.92 Å². The van der Waals surface area contributed by atoms with E-state index in [9.17, 15) is 9.90 Å². The molecule has 0 bridgehead atoms. The van der Waals surface area contributed by atoms with Crippen molar-refractivity contribution in [1.82, 2.24) is 0 Å². The second kappa shape index (κ2) is 14.6. The first-order valence-corrected chi connectivity index (χ1v) is 14.0. The van der Waals surface area contributed by atoms with Gasteiger partial charge in [-0.15, -0.1) is 0 Å². The first kappa shape index (κ1) is 28.5. The minimum atomic E-state index is -0.955. The molecule has 4 heteroatoms. The Hall–Kier alpha value is -1.71. The third-order valence-electron chi connectivity index (χ3n) is 7.68. The molecule has 0 fully saturated rings. The summed E-state index contributed by atoms with van der Waals surface area (Å²) in [7, 11) is 0. The van der Waals surface area contributed by atoms with Crippen LogP contribution < -0.4 is 4.74 Å². The van der Waals surface area contributed by atoms with Gasteiger partial charge in [0.05, 0.1) is 6.61 Å². The summed E-state index contributed by atoms with van der Waals surface area (Å²) in [5.74, 6) is 0.814. The third-order valence-corrected chi connectivity index (χ3v) is 7.68. The van der Waals surface area contributed by atoms with Crippen LogP contribution in [-0.2, 0) is 16.0 Å². The summed E-state index contributed by atoms with van der Waals surface area (Å²) < 4.78 is 11.8. The Bertz CT molecular complexity index is 770. The second-order valence-electron chi connectivity index (χ2n) is 10.6. The fourth-order valence-electron chi connectivity index (χ4n) is 5.01. The summed E-state index contributed by atoms with van der Waals surface area (Å²) in [5.41, 5.74) is 2.64. The lowest BCUT2D eigenvalue weighted by Crippen LogP contribution is -2.46. The molecule has 2 rings (SSSR count). The number of carbonyl (C=O) groups is 1. The van der Waals surface area contributed by atoms with E-state index in [0.29, 0.717) is 25.2 Å². The molecule has 0 aromatic heterocycles. The third kappa shape index (κ3) is 8.20. The van der Waals surface area contributed by atoms with Gasteiger partial charge in [0.2, 0.25) is 5.60 Å². The summed E-state index contributed by atoms with van der Waals surface area (Å²) in [6.07, 6.45) is 19.7. The molecule has 0 amide bonds. The Morgan fingerprint density at radius 1 is 0.824 bits per heavy atom. The highest BCUT2D eigenvalue weighted by atomic mass is 16.6. The van der Waals surface area contributed by atoms with Crippen molar-refractivity contribution in [3.05, 3.63) is 22.3 Å². The lowest BCUT2D eigenvalue weighted by molar-refractivity contribution is -0.162. The predicted molar refractivity (Wildman–Crippen MR) is 141 cm³/mol. The number of rotatable bonds is 16. The Morgan fingerprint density at radius 3 is 1.85 bits per heavy atom. The van der Waals surface area contributed by atoms with E-state index < -0.39 is 5.60 Å². The van der Waals surface area contributed by atoms with Gasteiger partial charge in [-0.1, -0.05) is 90.4 Å². The molecule has 34 heavy (non-hydrogen) atoms. The summed E-state index contributed by atoms with van der Waals surface area (Å²) >= 11 is 0. The number of hydrogen-bond acceptors (Lipinski definition) is 4. The summed E-state index contributed by atoms with van der Waals surface area (Å²) in [5, 5.41) is 10.3. The van der Waals surface area contributed by atoms with E-state index in [1.165, 1.54) is 77.0 Å². The lowest BCUT2D eigenvalue weighted by Gasteiger charge is -2.35. The summed E-state index contributed by atoms with van der Waals surface area (Å²) in [6.45, 7) is 10.3. The topological polar surface area (TPSA) is 55.8 Å². The number of aromatic hydroxyl groups is 1. The maximum atomic E-state index is 12.8. The standard InChI is InChI=1S/C30H50O4/c1-6-7-8-9-10-11-12-13-14-15-16-17-18-19-22-33-29(32)30(5)21-20-26-25(4)27(31)23(2)24(3)28(26)34-30/h31H,6-22H2,1-5H3/t30-/m1/s1. The van der Waals surface area contributed by atoms with Crippen molar-refractivity contribution in [3.63, 3.8) is 0 Å². The Kier molecular flexibility index (Phi) is 12.3. The highest BCUT2D eigenvalue weighted by Gasteiger charge is 2.42. The Labute approximate surface area is 208 Å². The average Bonchev–Trinajstić information content (AvgIpc) is 2.83. The molecular formula is C30H50O4. The highest BCUT2D eigenvalue weighted by molar-refractivity contribution is 5.80. The molecule has 1 aromatic rings. The number of benzene rings is 1. The molecule has 194 valence electrons. The molecular weight excluding hydrogens is 424 g/mol. The normalized spacial score (nSPS) is 17.3. The van der Waals surface area contributed by atoms with Crippen LogP contribution in [0, 0.1) is 20.8 Å². The number of ether oxygens (including phenoxy) is 2. The molecule has 0 saturated heterocycles. The largest absolute Gasteiger partial charge is 0.507 e. The number of unbranched alkanes of at least 4 members (excludes halogenated alkanes) is 13. The molecule has 0 saturated carbocycles. The minimum absolute atomic E-state index is 0.268. The van der Waals surface area contributed by atoms with Gasteiger partial charge in [-0.3, -0.25) is 0 Å². The van der Waals surface area contributed by atoms with Crippen LogP contribution in [-0.4, -0.2) is 23.3 Å². The average molecular weight is 475 g/mol. The molecule has 0 radical (unpaired) electrons. The van der Waals surface area contributed by atoms with E-state index in [0.717, 1.165) is 40.8 Å². The van der Waals surface area contributed by atoms with Gasteiger partial charge < -0.3 is 14.6 Å². The van der Waals surface area contributed by atoms with Crippen LogP contribution in [0.15, 0.2) is 0 Å². The van der Waals surface area contributed by atoms with Gasteiger partial charge in [0, 0.05) is 12.0 Å². The van der Waals surface area contributed by atoms with E-state index in [1.807, 2.05) is 27.7 Å².